The maximum absolute atomic E-state index is 9.66. The predicted octanol–water partition coefficient (Wildman–Crippen LogP) is 0.825. The third-order valence-corrected chi connectivity index (χ3v) is 1.67. The van der Waals surface area contributed by atoms with Crippen LogP contribution in [0.25, 0.3) is 0 Å². The van der Waals surface area contributed by atoms with E-state index in [0.717, 1.165) is 0 Å². The molecule has 7 nitrogen and oxygen atoms in total. The van der Waals surface area contributed by atoms with Gasteiger partial charge in [-0.15, -0.1) is 0 Å². The van der Waals surface area contributed by atoms with E-state index < -0.39 is 16.2 Å². The molecule has 100 valence electrons. The molecule has 0 radical (unpaired) electrons. The molecule has 0 aliphatic carbocycles. The third kappa shape index (κ3) is 8.81. The van der Waals surface area contributed by atoms with Gasteiger partial charge in [0.1, 0.15) is 0 Å². The lowest BCUT2D eigenvalue weighted by Gasteiger charge is -2.36. The maximum atomic E-state index is 9.66. The largest absolute Gasteiger partial charge is 0.446 e. The molecular weight excluding hydrogens is 250 g/mol. The van der Waals surface area contributed by atoms with E-state index in [1.807, 2.05) is 13.8 Å². The van der Waals surface area contributed by atoms with Gasteiger partial charge in [0, 0.05) is 13.3 Å². The number of hydrogen-bond acceptors (Lipinski definition) is 5. The summed E-state index contributed by atoms with van der Waals surface area (Å²) in [6.45, 7) is 9.08. The van der Waals surface area contributed by atoms with Gasteiger partial charge in [-0.05, 0) is 19.9 Å². The Morgan fingerprint density at radius 1 is 1.41 bits per heavy atom. The lowest BCUT2D eigenvalue weighted by atomic mass is 9.95. The molecule has 0 fully saturated rings. The molecule has 1 aliphatic rings. The highest BCUT2D eigenvalue weighted by Gasteiger charge is 2.37. The average Bonchev–Trinajstić information content (AvgIpc) is 1.94. The number of ether oxygens (including phenoxy) is 1. The summed E-state index contributed by atoms with van der Waals surface area (Å²) in [6, 6.07) is 0. The molecule has 0 saturated carbocycles. The second-order valence-electron chi connectivity index (χ2n) is 4.37. The molecule has 0 spiro atoms. The Balaban J connectivity index is 0.000000437. The molecule has 0 saturated heterocycles. The standard InChI is InChI=1S/C9H15NO2.H2O4S/c1-5-7-10-8(2,3)6-9(4,11)12-7;1-5(2,3)4/h5,11H,1,6H2,2-4H3;(H2,1,2,3,4). The van der Waals surface area contributed by atoms with Crippen LogP contribution in [0, 0.1) is 0 Å². The Morgan fingerprint density at radius 2 is 1.82 bits per heavy atom. The number of aliphatic imine (C=N–C) groups is 1. The fourth-order valence-corrected chi connectivity index (χ4v) is 1.51. The average molecular weight is 267 g/mol. The molecule has 3 N–H and O–H groups in total. The summed E-state index contributed by atoms with van der Waals surface area (Å²) in [5.74, 6) is -0.703. The Bertz CT molecular complexity index is 401. The van der Waals surface area contributed by atoms with E-state index in [0.29, 0.717) is 12.3 Å². The molecule has 17 heavy (non-hydrogen) atoms. The van der Waals surface area contributed by atoms with E-state index in [-0.39, 0.29) is 5.54 Å². The fourth-order valence-electron chi connectivity index (χ4n) is 1.51. The molecule has 0 aromatic heterocycles. The second-order valence-corrected chi connectivity index (χ2v) is 5.26. The van der Waals surface area contributed by atoms with Crippen molar-refractivity contribution in [2.24, 2.45) is 4.99 Å². The van der Waals surface area contributed by atoms with Crippen molar-refractivity contribution in [2.45, 2.75) is 38.5 Å². The number of hydrogen-bond donors (Lipinski definition) is 3. The zero-order chi connectivity index (χ0) is 13.9. The van der Waals surface area contributed by atoms with Crippen molar-refractivity contribution in [3.05, 3.63) is 12.7 Å². The Morgan fingerprint density at radius 3 is 2.12 bits per heavy atom. The monoisotopic (exact) mass is 267 g/mol. The molecule has 1 aliphatic heterocycles. The highest BCUT2D eigenvalue weighted by atomic mass is 32.3. The zero-order valence-corrected chi connectivity index (χ0v) is 10.7. The minimum atomic E-state index is -4.67. The molecule has 0 aromatic rings. The molecule has 1 rings (SSSR count). The highest BCUT2D eigenvalue weighted by molar-refractivity contribution is 7.79. The van der Waals surface area contributed by atoms with Gasteiger partial charge in [0.05, 0.1) is 5.54 Å². The van der Waals surface area contributed by atoms with Crippen molar-refractivity contribution < 1.29 is 27.4 Å². The summed E-state index contributed by atoms with van der Waals surface area (Å²) >= 11 is 0. The van der Waals surface area contributed by atoms with Gasteiger partial charge in [0.15, 0.2) is 0 Å². The minimum absolute atomic E-state index is 0.273. The molecule has 0 aromatic carbocycles. The van der Waals surface area contributed by atoms with Gasteiger partial charge in [0.2, 0.25) is 11.7 Å². The molecule has 1 heterocycles. The Hall–Kier alpha value is -0.960. The van der Waals surface area contributed by atoms with Crippen molar-refractivity contribution in [1.82, 2.24) is 0 Å². The van der Waals surface area contributed by atoms with Crippen molar-refractivity contribution in [3.63, 3.8) is 0 Å². The molecule has 0 amide bonds. The molecule has 1 atom stereocenters. The van der Waals surface area contributed by atoms with Gasteiger partial charge in [0.25, 0.3) is 0 Å². The van der Waals surface area contributed by atoms with Crippen LogP contribution in [0.15, 0.2) is 17.6 Å². The van der Waals surface area contributed by atoms with Crippen molar-refractivity contribution in [3.8, 4) is 0 Å². The van der Waals surface area contributed by atoms with Crippen molar-refractivity contribution in [2.75, 3.05) is 0 Å². The number of nitrogens with zero attached hydrogens (tertiary/aromatic N) is 1. The molecule has 0 bridgehead atoms. The van der Waals surface area contributed by atoms with Crippen LogP contribution in [-0.4, -0.2) is 39.9 Å². The van der Waals surface area contributed by atoms with E-state index >= 15 is 0 Å². The van der Waals surface area contributed by atoms with Gasteiger partial charge in [-0.3, -0.25) is 9.11 Å². The van der Waals surface area contributed by atoms with Gasteiger partial charge >= 0.3 is 10.4 Å². The Labute approximate surface area is 100 Å². The summed E-state index contributed by atoms with van der Waals surface area (Å²) in [4.78, 5) is 4.24. The van der Waals surface area contributed by atoms with E-state index in [4.69, 9.17) is 22.3 Å². The van der Waals surface area contributed by atoms with Crippen LogP contribution in [0.3, 0.4) is 0 Å². The molecule has 1 unspecified atom stereocenters. The first kappa shape index (κ1) is 16.0. The van der Waals surface area contributed by atoms with Crippen molar-refractivity contribution >= 4 is 16.3 Å². The van der Waals surface area contributed by atoms with E-state index in [1.165, 1.54) is 6.08 Å². The van der Waals surface area contributed by atoms with Crippen LogP contribution < -0.4 is 0 Å². The lowest BCUT2D eigenvalue weighted by Crippen LogP contribution is -2.43. The quantitative estimate of drug-likeness (QED) is 0.606. The number of aliphatic hydroxyl groups is 1. The minimum Gasteiger partial charge on any atom is -0.446 e. The van der Waals surface area contributed by atoms with Gasteiger partial charge < -0.3 is 9.84 Å². The second kappa shape index (κ2) is 5.13. The molecule has 8 heteroatoms. The number of rotatable bonds is 1. The zero-order valence-electron chi connectivity index (χ0n) is 9.91. The van der Waals surface area contributed by atoms with Gasteiger partial charge in [-0.1, -0.05) is 6.58 Å². The lowest BCUT2D eigenvalue weighted by molar-refractivity contribution is -0.153. The highest BCUT2D eigenvalue weighted by Crippen LogP contribution is 2.29. The topological polar surface area (TPSA) is 116 Å². The van der Waals surface area contributed by atoms with Crippen molar-refractivity contribution in [1.29, 1.82) is 0 Å². The SMILES string of the molecule is C=CC1=NC(C)(C)CC(C)(O)O1.O=S(=O)(O)O. The first-order chi connectivity index (χ1) is 7.35. The van der Waals surface area contributed by atoms with Crippen LogP contribution in [-0.2, 0) is 15.1 Å². The van der Waals surface area contributed by atoms with Crippen LogP contribution >= 0.6 is 0 Å². The summed E-state index contributed by atoms with van der Waals surface area (Å²) in [6.07, 6.45) is 2.01. The van der Waals surface area contributed by atoms with Gasteiger partial charge in [-0.2, -0.15) is 8.42 Å². The normalized spacial score (nSPS) is 27.1. The summed E-state index contributed by atoms with van der Waals surface area (Å²) < 4.78 is 36.7. The maximum Gasteiger partial charge on any atom is 0.394 e. The van der Waals surface area contributed by atoms with Gasteiger partial charge in [-0.25, -0.2) is 4.99 Å². The summed E-state index contributed by atoms with van der Waals surface area (Å²) in [7, 11) is -4.67. The van der Waals surface area contributed by atoms with Crippen LogP contribution in [0.1, 0.15) is 27.2 Å². The van der Waals surface area contributed by atoms with Crippen LogP contribution in [0.5, 0.6) is 0 Å². The van der Waals surface area contributed by atoms with Crippen LogP contribution in [0.2, 0.25) is 0 Å². The Kier molecular flexibility index (Phi) is 4.84. The van der Waals surface area contributed by atoms with E-state index in [2.05, 4.69) is 11.6 Å². The van der Waals surface area contributed by atoms with Crippen LogP contribution in [0.4, 0.5) is 0 Å². The first-order valence-electron chi connectivity index (χ1n) is 4.68. The van der Waals surface area contributed by atoms with E-state index in [9.17, 15) is 5.11 Å². The summed E-state index contributed by atoms with van der Waals surface area (Å²) in [5.41, 5.74) is -0.273. The smallest absolute Gasteiger partial charge is 0.394 e. The molecular formula is C9H17NO6S. The third-order valence-electron chi connectivity index (χ3n) is 1.67. The predicted molar refractivity (Wildman–Crippen MR) is 62.2 cm³/mol. The fraction of sp³-hybridized carbons (Fsp3) is 0.667. The summed E-state index contributed by atoms with van der Waals surface area (Å²) in [5, 5.41) is 9.66. The first-order valence-corrected chi connectivity index (χ1v) is 6.08. The van der Waals surface area contributed by atoms with E-state index in [1.54, 1.807) is 6.92 Å².